The lowest BCUT2D eigenvalue weighted by Gasteiger charge is -2.30. The molecule has 2 amide bonds. The number of anilines is 2. The summed E-state index contributed by atoms with van der Waals surface area (Å²) in [7, 11) is 0. The average molecular weight is 551 g/mol. The van der Waals surface area contributed by atoms with Gasteiger partial charge in [0.2, 0.25) is 11.9 Å². The molecule has 39 heavy (non-hydrogen) atoms. The minimum absolute atomic E-state index is 0.0402. The molecule has 0 aliphatic heterocycles. The molecule has 1 atom stereocenters. The van der Waals surface area contributed by atoms with Crippen LogP contribution in [0.3, 0.4) is 0 Å². The Labute approximate surface area is 236 Å². The third-order valence-electron chi connectivity index (χ3n) is 7.04. The maximum Gasteiger partial charge on any atom is 0.254 e. The summed E-state index contributed by atoms with van der Waals surface area (Å²) in [6.45, 7) is 10.8. The number of fused-ring (bicyclic) bond motifs is 1. The van der Waals surface area contributed by atoms with Gasteiger partial charge < -0.3 is 15.5 Å². The van der Waals surface area contributed by atoms with Gasteiger partial charge in [0.25, 0.3) is 5.91 Å². The topological polar surface area (TPSA) is 92.2 Å². The summed E-state index contributed by atoms with van der Waals surface area (Å²) in [6, 6.07) is 10.6. The molecule has 1 aliphatic rings. The van der Waals surface area contributed by atoms with Crippen molar-refractivity contribution in [2.45, 2.75) is 85.2 Å². The van der Waals surface area contributed by atoms with Crippen LogP contribution in [0.15, 0.2) is 36.7 Å². The quantitative estimate of drug-likeness (QED) is 0.255. The minimum Gasteiger partial charge on any atom is -0.352 e. The van der Waals surface area contributed by atoms with E-state index in [0.29, 0.717) is 35.9 Å². The molecule has 0 saturated heterocycles. The molecule has 4 rings (SSSR count). The molecule has 9 heteroatoms. The molecule has 8 nitrogen and oxygen atoms in total. The zero-order valence-corrected chi connectivity index (χ0v) is 24.5. The van der Waals surface area contributed by atoms with E-state index in [1.54, 1.807) is 11.3 Å². The first-order chi connectivity index (χ1) is 18.9. The summed E-state index contributed by atoms with van der Waals surface area (Å²) in [4.78, 5) is 29.4. The highest BCUT2D eigenvalue weighted by atomic mass is 32.1. The molecule has 0 radical (unpaired) electrons. The summed E-state index contributed by atoms with van der Waals surface area (Å²) in [5.41, 5.74) is 2.92. The third-order valence-corrected chi connectivity index (χ3v) is 8.25. The van der Waals surface area contributed by atoms with Gasteiger partial charge in [0.1, 0.15) is 11.3 Å². The van der Waals surface area contributed by atoms with E-state index in [9.17, 15) is 9.59 Å². The number of thiophene rings is 1. The van der Waals surface area contributed by atoms with E-state index in [2.05, 4.69) is 75.3 Å². The minimum atomic E-state index is -0.0945. The van der Waals surface area contributed by atoms with E-state index in [1.165, 1.54) is 10.4 Å². The molecule has 2 heterocycles. The zero-order valence-electron chi connectivity index (χ0n) is 23.7. The van der Waals surface area contributed by atoms with Crippen LogP contribution in [0.5, 0.6) is 0 Å². The number of nitrogens with one attached hydrogen (secondary N) is 2. The van der Waals surface area contributed by atoms with Gasteiger partial charge in [0, 0.05) is 37.0 Å². The summed E-state index contributed by atoms with van der Waals surface area (Å²) >= 11 is 1.56. The first-order valence-corrected chi connectivity index (χ1v) is 15.1. The second-order valence-corrected chi connectivity index (χ2v) is 11.9. The molecule has 2 N–H and O–H groups in total. The average Bonchev–Trinajstić information content (AvgIpc) is 3.53. The predicted octanol–water partition coefficient (Wildman–Crippen LogP) is 6.00. The summed E-state index contributed by atoms with van der Waals surface area (Å²) in [5, 5.41) is 15.7. The van der Waals surface area contributed by atoms with Crippen LogP contribution < -0.4 is 15.5 Å². The Morgan fingerprint density at radius 3 is 2.69 bits per heavy atom. The second-order valence-electron chi connectivity index (χ2n) is 10.8. The van der Waals surface area contributed by atoms with Crippen molar-refractivity contribution in [2.75, 3.05) is 23.3 Å². The number of benzene rings is 1. The Kier molecular flexibility index (Phi) is 10.1. The molecular formula is C30H42N6O2S. The van der Waals surface area contributed by atoms with E-state index in [0.717, 1.165) is 56.7 Å². The van der Waals surface area contributed by atoms with Crippen molar-refractivity contribution >= 4 is 34.1 Å². The van der Waals surface area contributed by atoms with Gasteiger partial charge in [-0.1, -0.05) is 64.4 Å². The SMILES string of the molecule is CCCCNC(=O)c1c(NC(=O)CCC)sc2c1CC(n1cnnc1N(Cc1ccccc1)CC(C)C)CC2. The Balaban J connectivity index is 1.63. The van der Waals surface area contributed by atoms with Crippen LogP contribution in [0.2, 0.25) is 0 Å². The van der Waals surface area contributed by atoms with Crippen LogP contribution in [-0.4, -0.2) is 39.7 Å². The number of hydrogen-bond donors (Lipinski definition) is 2. The number of aromatic nitrogens is 3. The van der Waals surface area contributed by atoms with Gasteiger partial charge in [-0.3, -0.25) is 14.2 Å². The Bertz CT molecular complexity index is 1240. The zero-order chi connectivity index (χ0) is 27.8. The highest BCUT2D eigenvalue weighted by Crippen LogP contribution is 2.42. The van der Waals surface area contributed by atoms with Crippen LogP contribution in [0, 0.1) is 5.92 Å². The maximum atomic E-state index is 13.4. The highest BCUT2D eigenvalue weighted by molar-refractivity contribution is 7.17. The molecule has 3 aromatic rings. The van der Waals surface area contributed by atoms with Crippen molar-refractivity contribution in [1.82, 2.24) is 20.1 Å². The molecule has 0 bridgehead atoms. The lowest BCUT2D eigenvalue weighted by Crippen LogP contribution is -2.32. The number of unbranched alkanes of at least 4 members (excludes halogenated alkanes) is 1. The fourth-order valence-corrected chi connectivity index (χ4v) is 6.45. The van der Waals surface area contributed by atoms with E-state index in [4.69, 9.17) is 0 Å². The summed E-state index contributed by atoms with van der Waals surface area (Å²) in [6.07, 6.45) is 7.47. The lowest BCUT2D eigenvalue weighted by molar-refractivity contribution is -0.116. The largest absolute Gasteiger partial charge is 0.352 e. The third kappa shape index (κ3) is 7.26. The molecule has 0 spiro atoms. The van der Waals surface area contributed by atoms with Crippen LogP contribution in [-0.2, 0) is 24.2 Å². The number of amides is 2. The molecule has 1 aromatic carbocycles. The van der Waals surface area contributed by atoms with Crippen molar-refractivity contribution in [3.05, 3.63) is 58.2 Å². The molecule has 0 saturated carbocycles. The van der Waals surface area contributed by atoms with Crippen molar-refractivity contribution in [3.8, 4) is 0 Å². The van der Waals surface area contributed by atoms with Crippen molar-refractivity contribution in [2.24, 2.45) is 5.92 Å². The van der Waals surface area contributed by atoms with Crippen LogP contribution in [0.1, 0.15) is 92.2 Å². The van der Waals surface area contributed by atoms with Gasteiger partial charge in [0.05, 0.1) is 5.56 Å². The molecule has 210 valence electrons. The van der Waals surface area contributed by atoms with E-state index < -0.39 is 0 Å². The van der Waals surface area contributed by atoms with E-state index >= 15 is 0 Å². The number of nitrogens with zero attached hydrogens (tertiary/aromatic N) is 4. The fourth-order valence-electron chi connectivity index (χ4n) is 5.20. The first kappa shape index (κ1) is 28.8. The second kappa shape index (κ2) is 13.7. The Morgan fingerprint density at radius 1 is 1.18 bits per heavy atom. The number of aryl methyl sites for hydroxylation is 1. The van der Waals surface area contributed by atoms with Crippen LogP contribution in [0.25, 0.3) is 0 Å². The molecule has 1 unspecified atom stereocenters. The number of carbonyl (C=O) groups is 2. The summed E-state index contributed by atoms with van der Waals surface area (Å²) in [5.74, 6) is 1.19. The van der Waals surface area contributed by atoms with Gasteiger partial charge in [0.15, 0.2) is 0 Å². The van der Waals surface area contributed by atoms with Gasteiger partial charge in [-0.25, -0.2) is 0 Å². The van der Waals surface area contributed by atoms with Gasteiger partial charge >= 0.3 is 0 Å². The number of carbonyl (C=O) groups excluding carboxylic acids is 2. The molecule has 2 aromatic heterocycles. The van der Waals surface area contributed by atoms with E-state index in [-0.39, 0.29) is 17.9 Å². The Hall–Kier alpha value is -3.20. The van der Waals surface area contributed by atoms with Gasteiger partial charge in [-0.15, -0.1) is 21.5 Å². The predicted molar refractivity (Wildman–Crippen MR) is 159 cm³/mol. The van der Waals surface area contributed by atoms with Crippen LogP contribution >= 0.6 is 11.3 Å². The fraction of sp³-hybridized carbons (Fsp3) is 0.533. The lowest BCUT2D eigenvalue weighted by atomic mass is 9.91. The van der Waals surface area contributed by atoms with Crippen molar-refractivity contribution in [1.29, 1.82) is 0 Å². The van der Waals surface area contributed by atoms with Crippen LogP contribution in [0.4, 0.5) is 10.9 Å². The highest BCUT2D eigenvalue weighted by Gasteiger charge is 2.32. The number of hydrogen-bond acceptors (Lipinski definition) is 6. The standard InChI is InChI=1S/C30H42N6O2S/c1-5-7-16-31-28(38)27-24-17-23(14-15-25(24)39-29(27)33-26(37)11-6-2)36-20-32-34-30(36)35(18-21(3)4)19-22-12-9-8-10-13-22/h8-10,12-13,20-21,23H,5-7,11,14-19H2,1-4H3,(H,31,38)(H,33,37). The van der Waals surface area contributed by atoms with Crippen molar-refractivity contribution in [3.63, 3.8) is 0 Å². The van der Waals surface area contributed by atoms with Gasteiger partial charge in [-0.2, -0.15) is 0 Å². The number of rotatable bonds is 13. The first-order valence-electron chi connectivity index (χ1n) is 14.3. The van der Waals surface area contributed by atoms with E-state index in [1.807, 2.05) is 19.3 Å². The normalized spacial score (nSPS) is 14.7. The van der Waals surface area contributed by atoms with Gasteiger partial charge in [-0.05, 0) is 49.1 Å². The molecular weight excluding hydrogens is 508 g/mol. The molecule has 1 aliphatic carbocycles. The van der Waals surface area contributed by atoms with Crippen molar-refractivity contribution < 1.29 is 9.59 Å². The smallest absolute Gasteiger partial charge is 0.254 e. The molecule has 0 fully saturated rings. The Morgan fingerprint density at radius 2 is 1.97 bits per heavy atom. The summed E-state index contributed by atoms with van der Waals surface area (Å²) < 4.78 is 2.19. The monoisotopic (exact) mass is 550 g/mol. The maximum absolute atomic E-state index is 13.4.